The second-order valence-electron chi connectivity index (χ2n) is 5.00. The standard InChI is InChI=1S/C18H19ClO4/c1-13(22-11-14-6-5-8-16(10-14)21-2)18(20)23-12-15-7-3-4-9-17(15)19/h3-10,13H,11-12H2,1-2H3. The van der Waals surface area contributed by atoms with Gasteiger partial charge >= 0.3 is 5.97 Å². The molecule has 5 heteroatoms. The van der Waals surface area contributed by atoms with Gasteiger partial charge in [0.1, 0.15) is 12.4 Å². The molecule has 0 spiro atoms. The van der Waals surface area contributed by atoms with Crippen molar-refractivity contribution in [2.75, 3.05) is 7.11 Å². The summed E-state index contributed by atoms with van der Waals surface area (Å²) in [5.41, 5.74) is 1.69. The van der Waals surface area contributed by atoms with Gasteiger partial charge in [0.05, 0.1) is 13.7 Å². The molecule has 0 amide bonds. The van der Waals surface area contributed by atoms with E-state index in [1.54, 1.807) is 20.1 Å². The zero-order chi connectivity index (χ0) is 16.7. The van der Waals surface area contributed by atoms with Crippen LogP contribution in [0.4, 0.5) is 0 Å². The Hall–Kier alpha value is -2.04. The topological polar surface area (TPSA) is 44.8 Å². The van der Waals surface area contributed by atoms with E-state index in [9.17, 15) is 4.79 Å². The Bertz CT molecular complexity index is 657. The molecule has 0 heterocycles. The fourth-order valence-corrected chi connectivity index (χ4v) is 2.12. The molecule has 0 saturated heterocycles. The molecule has 0 bridgehead atoms. The molecule has 0 aromatic heterocycles. The number of hydrogen-bond acceptors (Lipinski definition) is 4. The van der Waals surface area contributed by atoms with E-state index in [0.717, 1.165) is 16.9 Å². The van der Waals surface area contributed by atoms with Crippen LogP contribution in [0.15, 0.2) is 48.5 Å². The largest absolute Gasteiger partial charge is 0.497 e. The minimum Gasteiger partial charge on any atom is -0.497 e. The maximum atomic E-state index is 12.0. The summed E-state index contributed by atoms with van der Waals surface area (Å²) in [4.78, 5) is 12.0. The highest BCUT2D eigenvalue weighted by Gasteiger charge is 2.16. The van der Waals surface area contributed by atoms with Gasteiger partial charge in [-0.15, -0.1) is 0 Å². The van der Waals surface area contributed by atoms with Crippen molar-refractivity contribution in [2.24, 2.45) is 0 Å². The second-order valence-corrected chi connectivity index (χ2v) is 5.41. The van der Waals surface area contributed by atoms with Gasteiger partial charge in [-0.1, -0.05) is 41.9 Å². The van der Waals surface area contributed by atoms with Gasteiger partial charge in [-0.3, -0.25) is 0 Å². The van der Waals surface area contributed by atoms with Crippen LogP contribution in [0.3, 0.4) is 0 Å². The SMILES string of the molecule is COc1cccc(COC(C)C(=O)OCc2ccccc2Cl)c1. The molecule has 0 saturated carbocycles. The van der Waals surface area contributed by atoms with Crippen LogP contribution in [0.1, 0.15) is 18.1 Å². The number of esters is 1. The lowest BCUT2D eigenvalue weighted by molar-refractivity contribution is -0.158. The lowest BCUT2D eigenvalue weighted by atomic mass is 10.2. The molecule has 0 radical (unpaired) electrons. The summed E-state index contributed by atoms with van der Waals surface area (Å²) >= 11 is 6.02. The molecule has 0 fully saturated rings. The maximum Gasteiger partial charge on any atom is 0.335 e. The number of carbonyl (C=O) groups excluding carboxylic acids is 1. The molecule has 0 aliphatic carbocycles. The van der Waals surface area contributed by atoms with E-state index in [1.165, 1.54) is 0 Å². The average molecular weight is 335 g/mol. The van der Waals surface area contributed by atoms with E-state index < -0.39 is 12.1 Å². The molecule has 23 heavy (non-hydrogen) atoms. The van der Waals surface area contributed by atoms with Crippen LogP contribution in [0.5, 0.6) is 5.75 Å². The van der Waals surface area contributed by atoms with Crippen LogP contribution >= 0.6 is 11.6 Å². The molecule has 122 valence electrons. The normalized spacial score (nSPS) is 11.8. The van der Waals surface area contributed by atoms with Crippen LogP contribution in [0, 0.1) is 0 Å². The summed E-state index contributed by atoms with van der Waals surface area (Å²) in [6.07, 6.45) is -0.663. The number of rotatable bonds is 7. The molecule has 2 aromatic carbocycles. The first-order valence-corrected chi connectivity index (χ1v) is 7.62. The quantitative estimate of drug-likeness (QED) is 0.718. The molecular weight excluding hydrogens is 316 g/mol. The molecule has 0 aliphatic rings. The molecule has 0 aliphatic heterocycles. The highest BCUT2D eigenvalue weighted by atomic mass is 35.5. The molecule has 2 rings (SSSR count). The van der Waals surface area contributed by atoms with Gasteiger partial charge in [-0.05, 0) is 30.7 Å². The lowest BCUT2D eigenvalue weighted by Gasteiger charge is -2.13. The first-order chi connectivity index (χ1) is 11.1. The van der Waals surface area contributed by atoms with Crippen molar-refractivity contribution >= 4 is 17.6 Å². The molecule has 0 N–H and O–H groups in total. The number of carbonyl (C=O) groups is 1. The van der Waals surface area contributed by atoms with Crippen LogP contribution in [0.2, 0.25) is 5.02 Å². The van der Waals surface area contributed by atoms with Crippen LogP contribution in [0.25, 0.3) is 0 Å². The predicted molar refractivity (Wildman–Crippen MR) is 88.5 cm³/mol. The highest BCUT2D eigenvalue weighted by Crippen LogP contribution is 2.17. The summed E-state index contributed by atoms with van der Waals surface area (Å²) < 4.78 is 15.9. The van der Waals surface area contributed by atoms with Gasteiger partial charge < -0.3 is 14.2 Å². The number of halogens is 1. The predicted octanol–water partition coefficient (Wildman–Crippen LogP) is 4.00. The number of ether oxygens (including phenoxy) is 3. The zero-order valence-electron chi connectivity index (χ0n) is 13.1. The smallest absolute Gasteiger partial charge is 0.335 e. The number of hydrogen-bond donors (Lipinski definition) is 0. The minimum atomic E-state index is -0.663. The summed E-state index contributed by atoms with van der Waals surface area (Å²) in [7, 11) is 1.61. The van der Waals surface area contributed by atoms with Gasteiger partial charge in [0.15, 0.2) is 6.10 Å². The monoisotopic (exact) mass is 334 g/mol. The van der Waals surface area contributed by atoms with Crippen molar-refractivity contribution < 1.29 is 19.0 Å². The van der Waals surface area contributed by atoms with Crippen molar-refractivity contribution in [1.29, 1.82) is 0 Å². The van der Waals surface area contributed by atoms with E-state index in [4.69, 9.17) is 25.8 Å². The van der Waals surface area contributed by atoms with Crippen molar-refractivity contribution in [3.63, 3.8) is 0 Å². The number of benzene rings is 2. The fraction of sp³-hybridized carbons (Fsp3) is 0.278. The molecule has 1 unspecified atom stereocenters. The third-order valence-corrected chi connectivity index (χ3v) is 3.66. The fourth-order valence-electron chi connectivity index (χ4n) is 1.93. The molecule has 1 atom stereocenters. The summed E-state index contributed by atoms with van der Waals surface area (Å²) in [6.45, 7) is 2.10. The Morgan fingerprint density at radius 1 is 1.13 bits per heavy atom. The van der Waals surface area contributed by atoms with E-state index >= 15 is 0 Å². The van der Waals surface area contributed by atoms with Crippen LogP contribution in [-0.2, 0) is 27.5 Å². The third kappa shape index (κ3) is 5.27. The summed E-state index contributed by atoms with van der Waals surface area (Å²) in [5, 5.41) is 0.574. The Labute approximate surface area is 140 Å². The van der Waals surface area contributed by atoms with E-state index in [2.05, 4.69) is 0 Å². The van der Waals surface area contributed by atoms with Gasteiger partial charge in [0, 0.05) is 10.6 Å². The highest BCUT2D eigenvalue weighted by molar-refractivity contribution is 6.31. The summed E-state index contributed by atoms with van der Waals surface area (Å²) in [6, 6.07) is 14.7. The van der Waals surface area contributed by atoms with Crippen molar-refractivity contribution in [3.8, 4) is 5.75 Å². The van der Waals surface area contributed by atoms with Gasteiger partial charge in [0.2, 0.25) is 0 Å². The Morgan fingerprint density at radius 2 is 1.91 bits per heavy atom. The Kier molecular flexibility index (Phi) is 6.44. The van der Waals surface area contributed by atoms with Crippen LogP contribution < -0.4 is 4.74 Å². The van der Waals surface area contributed by atoms with E-state index in [1.807, 2.05) is 42.5 Å². The average Bonchev–Trinajstić information content (AvgIpc) is 2.58. The molecule has 4 nitrogen and oxygen atoms in total. The summed E-state index contributed by atoms with van der Waals surface area (Å²) in [5.74, 6) is 0.327. The minimum absolute atomic E-state index is 0.130. The van der Waals surface area contributed by atoms with Gasteiger partial charge in [-0.2, -0.15) is 0 Å². The van der Waals surface area contributed by atoms with Crippen molar-refractivity contribution in [2.45, 2.75) is 26.2 Å². The number of methoxy groups -OCH3 is 1. The third-order valence-electron chi connectivity index (χ3n) is 3.29. The zero-order valence-corrected chi connectivity index (χ0v) is 13.9. The lowest BCUT2D eigenvalue weighted by Crippen LogP contribution is -2.23. The van der Waals surface area contributed by atoms with Crippen LogP contribution in [-0.4, -0.2) is 19.2 Å². The Morgan fingerprint density at radius 3 is 2.65 bits per heavy atom. The Balaban J connectivity index is 1.81. The van der Waals surface area contributed by atoms with Gasteiger partial charge in [0.25, 0.3) is 0 Å². The van der Waals surface area contributed by atoms with E-state index in [-0.39, 0.29) is 6.61 Å². The maximum absolute atomic E-state index is 12.0. The van der Waals surface area contributed by atoms with Gasteiger partial charge in [-0.25, -0.2) is 4.79 Å². The second kappa shape index (κ2) is 8.56. The first kappa shape index (κ1) is 17.3. The molecule has 2 aromatic rings. The van der Waals surface area contributed by atoms with Crippen molar-refractivity contribution in [1.82, 2.24) is 0 Å². The van der Waals surface area contributed by atoms with E-state index in [0.29, 0.717) is 11.6 Å². The van der Waals surface area contributed by atoms with Crippen molar-refractivity contribution in [3.05, 3.63) is 64.7 Å². The molecular formula is C18H19ClO4. The first-order valence-electron chi connectivity index (χ1n) is 7.24.